The van der Waals surface area contributed by atoms with E-state index < -0.39 is 10.0 Å². The molecule has 1 aliphatic rings. The number of rotatable bonds is 2. The number of benzene rings is 2. The topological polar surface area (TPSA) is 54.5 Å². The first-order valence-electron chi connectivity index (χ1n) is 7.19. The Morgan fingerprint density at radius 2 is 1.52 bits per heavy atom. The van der Waals surface area contributed by atoms with Gasteiger partial charge in [0.2, 0.25) is 10.0 Å². The van der Waals surface area contributed by atoms with Gasteiger partial charge in [0.1, 0.15) is 0 Å². The van der Waals surface area contributed by atoms with Crippen LogP contribution in [-0.2, 0) is 22.9 Å². The van der Waals surface area contributed by atoms with Crippen molar-refractivity contribution in [3.8, 4) is 0 Å². The molecule has 3 rings (SSSR count). The summed E-state index contributed by atoms with van der Waals surface area (Å²) in [7, 11) is -0.597. The van der Waals surface area contributed by atoms with Crippen LogP contribution in [0, 0.1) is 0 Å². The van der Waals surface area contributed by atoms with Crippen LogP contribution in [0.25, 0.3) is 0 Å². The molecule has 0 N–H and O–H groups in total. The number of fused-ring (bicyclic) bond motifs is 2. The molecular formula is C17H16BrNO3S. The van der Waals surface area contributed by atoms with E-state index in [0.29, 0.717) is 11.1 Å². The van der Waals surface area contributed by atoms with E-state index in [1.54, 1.807) is 18.2 Å². The second-order valence-electron chi connectivity index (χ2n) is 5.74. The van der Waals surface area contributed by atoms with Gasteiger partial charge in [-0.15, -0.1) is 0 Å². The van der Waals surface area contributed by atoms with Crippen LogP contribution in [0.5, 0.6) is 0 Å². The molecule has 2 aromatic carbocycles. The Labute approximate surface area is 144 Å². The number of hydrogen-bond acceptors (Lipinski definition) is 3. The van der Waals surface area contributed by atoms with Crippen molar-refractivity contribution < 1.29 is 13.2 Å². The van der Waals surface area contributed by atoms with Gasteiger partial charge in [0.05, 0.1) is 4.90 Å². The van der Waals surface area contributed by atoms with Crippen molar-refractivity contribution in [1.29, 1.82) is 0 Å². The molecule has 0 aromatic heterocycles. The lowest BCUT2D eigenvalue weighted by Crippen LogP contribution is -2.22. The molecular weight excluding hydrogens is 378 g/mol. The third kappa shape index (κ3) is 2.86. The maximum Gasteiger partial charge on any atom is 0.242 e. The van der Waals surface area contributed by atoms with E-state index in [0.717, 1.165) is 32.7 Å². The van der Waals surface area contributed by atoms with Crippen molar-refractivity contribution in [2.75, 3.05) is 14.1 Å². The van der Waals surface area contributed by atoms with E-state index >= 15 is 0 Å². The molecule has 0 bridgehead atoms. The highest BCUT2D eigenvalue weighted by molar-refractivity contribution is 9.10. The van der Waals surface area contributed by atoms with Gasteiger partial charge in [-0.3, -0.25) is 4.79 Å². The van der Waals surface area contributed by atoms with E-state index in [-0.39, 0.29) is 10.7 Å². The number of halogens is 1. The van der Waals surface area contributed by atoms with E-state index in [9.17, 15) is 13.2 Å². The monoisotopic (exact) mass is 393 g/mol. The summed E-state index contributed by atoms with van der Waals surface area (Å²) in [6.45, 7) is 0. The molecule has 0 spiro atoms. The van der Waals surface area contributed by atoms with Crippen molar-refractivity contribution in [3.05, 3.63) is 63.1 Å². The Balaban J connectivity index is 2.17. The average Bonchev–Trinajstić information content (AvgIpc) is 2.65. The van der Waals surface area contributed by atoms with Gasteiger partial charge in [-0.1, -0.05) is 28.1 Å². The van der Waals surface area contributed by atoms with Crippen LogP contribution in [0.15, 0.2) is 45.8 Å². The highest BCUT2D eigenvalue weighted by atomic mass is 79.9. The first-order valence-corrected chi connectivity index (χ1v) is 9.42. The minimum absolute atomic E-state index is 0.121. The number of aryl methyl sites for hydroxylation is 2. The fraction of sp³-hybridized carbons (Fsp3) is 0.235. The predicted molar refractivity (Wildman–Crippen MR) is 92.3 cm³/mol. The summed E-state index contributed by atoms with van der Waals surface area (Å²) in [6.07, 6.45) is 1.49. The van der Waals surface area contributed by atoms with Crippen LogP contribution >= 0.6 is 15.9 Å². The van der Waals surface area contributed by atoms with Crippen molar-refractivity contribution in [2.24, 2.45) is 0 Å². The molecule has 0 saturated carbocycles. The molecule has 0 saturated heterocycles. The number of ketones is 1. The van der Waals surface area contributed by atoms with Gasteiger partial charge in [0.25, 0.3) is 0 Å². The lowest BCUT2D eigenvalue weighted by molar-refractivity contribution is 0.103. The van der Waals surface area contributed by atoms with Crippen molar-refractivity contribution in [1.82, 2.24) is 4.31 Å². The van der Waals surface area contributed by atoms with Crippen LogP contribution in [0.2, 0.25) is 0 Å². The Hall–Kier alpha value is -1.50. The summed E-state index contributed by atoms with van der Waals surface area (Å²) in [6, 6.07) is 10.5. The molecule has 1 aliphatic carbocycles. The quantitative estimate of drug-likeness (QED) is 0.787. The Morgan fingerprint density at radius 3 is 2.13 bits per heavy atom. The zero-order chi connectivity index (χ0) is 16.8. The molecule has 0 atom stereocenters. The van der Waals surface area contributed by atoms with Crippen LogP contribution in [0.3, 0.4) is 0 Å². The smallest absolute Gasteiger partial charge is 0.242 e. The van der Waals surface area contributed by atoms with Crippen molar-refractivity contribution >= 4 is 31.7 Å². The molecule has 120 valence electrons. The predicted octanol–water partition coefficient (Wildman–Crippen LogP) is 3.03. The van der Waals surface area contributed by atoms with E-state index in [1.807, 2.05) is 12.1 Å². The number of nitrogens with zero attached hydrogens (tertiary/aromatic N) is 1. The van der Waals surface area contributed by atoms with Gasteiger partial charge in [0.15, 0.2) is 5.78 Å². The first kappa shape index (κ1) is 16.4. The van der Waals surface area contributed by atoms with Crippen LogP contribution < -0.4 is 0 Å². The van der Waals surface area contributed by atoms with Gasteiger partial charge in [-0.25, -0.2) is 12.7 Å². The lowest BCUT2D eigenvalue weighted by atomic mass is 9.99. The largest absolute Gasteiger partial charge is 0.289 e. The lowest BCUT2D eigenvalue weighted by Gasteiger charge is -2.13. The normalized spacial score (nSPS) is 14.3. The summed E-state index contributed by atoms with van der Waals surface area (Å²) in [5.74, 6) is -0.121. The van der Waals surface area contributed by atoms with Gasteiger partial charge in [0, 0.05) is 29.7 Å². The van der Waals surface area contributed by atoms with Gasteiger partial charge < -0.3 is 0 Å². The highest BCUT2D eigenvalue weighted by Crippen LogP contribution is 2.29. The van der Waals surface area contributed by atoms with E-state index in [4.69, 9.17) is 0 Å². The first-order chi connectivity index (χ1) is 10.8. The summed E-state index contributed by atoms with van der Waals surface area (Å²) < 4.78 is 26.6. The van der Waals surface area contributed by atoms with E-state index in [1.165, 1.54) is 20.2 Å². The van der Waals surface area contributed by atoms with Crippen molar-refractivity contribution in [3.63, 3.8) is 0 Å². The summed E-state index contributed by atoms with van der Waals surface area (Å²) in [4.78, 5) is 13.0. The summed E-state index contributed by atoms with van der Waals surface area (Å²) in [5.41, 5.74) is 2.99. The molecule has 23 heavy (non-hydrogen) atoms. The maximum atomic E-state index is 12.9. The molecule has 4 nitrogen and oxygen atoms in total. The number of sulfonamides is 1. The van der Waals surface area contributed by atoms with Gasteiger partial charge in [-0.2, -0.15) is 0 Å². The molecule has 0 heterocycles. The summed E-state index contributed by atoms with van der Waals surface area (Å²) in [5, 5.41) is 0. The molecule has 0 amide bonds. The molecule has 0 aliphatic heterocycles. The number of carbonyl (C=O) groups excluding carboxylic acids is 1. The third-order valence-electron chi connectivity index (χ3n) is 4.08. The van der Waals surface area contributed by atoms with Gasteiger partial charge in [-0.05, 0) is 48.2 Å². The second kappa shape index (κ2) is 5.85. The SMILES string of the molecule is CN(C)S(=O)(=O)c1ccc2c(c1)C(=O)c1cc(Br)ccc1CC2. The zero-order valence-electron chi connectivity index (χ0n) is 12.8. The number of carbonyl (C=O) groups is 1. The standard InChI is InChI=1S/C17H16BrNO3S/c1-19(2)23(21,22)14-8-6-12-4-3-11-5-7-13(18)9-15(11)17(20)16(12)10-14/h5-10H,3-4H2,1-2H3. The van der Waals surface area contributed by atoms with Crippen LogP contribution in [0.4, 0.5) is 0 Å². The zero-order valence-corrected chi connectivity index (χ0v) is 15.2. The Morgan fingerprint density at radius 1 is 0.957 bits per heavy atom. The van der Waals surface area contributed by atoms with E-state index in [2.05, 4.69) is 15.9 Å². The van der Waals surface area contributed by atoms with Crippen LogP contribution in [-0.4, -0.2) is 32.6 Å². The minimum atomic E-state index is -3.56. The molecule has 6 heteroatoms. The fourth-order valence-electron chi connectivity index (χ4n) is 2.75. The van der Waals surface area contributed by atoms with Crippen molar-refractivity contribution in [2.45, 2.75) is 17.7 Å². The second-order valence-corrected chi connectivity index (χ2v) is 8.80. The third-order valence-corrected chi connectivity index (χ3v) is 6.39. The van der Waals surface area contributed by atoms with Crippen LogP contribution in [0.1, 0.15) is 27.0 Å². The molecule has 0 fully saturated rings. The minimum Gasteiger partial charge on any atom is -0.289 e. The average molecular weight is 394 g/mol. The molecule has 0 unspecified atom stereocenters. The summed E-state index contributed by atoms with van der Waals surface area (Å²) >= 11 is 3.39. The molecule has 2 aromatic rings. The highest BCUT2D eigenvalue weighted by Gasteiger charge is 2.25. The maximum absolute atomic E-state index is 12.9. The Kier molecular flexibility index (Phi) is 4.16. The fourth-order valence-corrected chi connectivity index (χ4v) is 4.04. The molecule has 0 radical (unpaired) electrons. The Bertz CT molecular complexity index is 904. The van der Waals surface area contributed by atoms with Gasteiger partial charge >= 0.3 is 0 Å². The number of hydrogen-bond donors (Lipinski definition) is 0.